The van der Waals surface area contributed by atoms with E-state index in [0.29, 0.717) is 25.3 Å². The summed E-state index contributed by atoms with van der Waals surface area (Å²) in [4.78, 5) is 38.6. The van der Waals surface area contributed by atoms with E-state index in [-0.39, 0.29) is 17.8 Å². The number of hydrogen-bond donors (Lipinski definition) is 1. The number of rotatable bonds is 13. The molecular formula is C19H34N2O5S2. The monoisotopic (exact) mass is 434 g/mol. The Balaban J connectivity index is 2.61. The van der Waals surface area contributed by atoms with Crippen LogP contribution in [0.25, 0.3) is 0 Å². The first kappa shape index (κ1) is 25.1. The molecule has 0 aromatic heterocycles. The Kier molecular flexibility index (Phi) is 12.7. The SMILES string of the molecule is CCCSCCSC[C@H](NC(C)C(=O)N1CCC[C@H]1C(=O)OC)C(=O)OCC. The fourth-order valence-electron chi connectivity index (χ4n) is 3.03. The molecule has 1 saturated heterocycles. The Labute approximate surface area is 177 Å². The van der Waals surface area contributed by atoms with E-state index in [9.17, 15) is 14.4 Å². The molecule has 0 spiro atoms. The zero-order valence-electron chi connectivity index (χ0n) is 17.4. The number of thioether (sulfide) groups is 2. The highest BCUT2D eigenvalue weighted by molar-refractivity contribution is 8.02. The van der Waals surface area contributed by atoms with Crippen molar-refractivity contribution in [2.45, 2.75) is 58.2 Å². The quantitative estimate of drug-likeness (QED) is 0.348. The Hall–Kier alpha value is -0.930. The molecule has 1 N–H and O–H groups in total. The van der Waals surface area contributed by atoms with E-state index >= 15 is 0 Å². The molecule has 9 heteroatoms. The number of carbonyl (C=O) groups is 3. The van der Waals surface area contributed by atoms with E-state index in [1.165, 1.54) is 7.11 Å². The number of amides is 1. The van der Waals surface area contributed by atoms with Crippen LogP contribution in [0.3, 0.4) is 0 Å². The van der Waals surface area contributed by atoms with Gasteiger partial charge in [0.2, 0.25) is 5.91 Å². The fourth-order valence-corrected chi connectivity index (χ4v) is 5.10. The summed E-state index contributed by atoms with van der Waals surface area (Å²) in [7, 11) is 1.33. The normalized spacial score (nSPS) is 18.6. The lowest BCUT2D eigenvalue weighted by Crippen LogP contribution is -2.54. The Bertz CT molecular complexity index is 507. The van der Waals surface area contributed by atoms with Gasteiger partial charge in [0.1, 0.15) is 12.1 Å². The predicted molar refractivity (Wildman–Crippen MR) is 115 cm³/mol. The first-order valence-corrected chi connectivity index (χ1v) is 12.2. The van der Waals surface area contributed by atoms with Crippen LogP contribution < -0.4 is 5.32 Å². The van der Waals surface area contributed by atoms with Crippen LogP contribution in [0.15, 0.2) is 0 Å². The van der Waals surface area contributed by atoms with E-state index < -0.39 is 18.1 Å². The third kappa shape index (κ3) is 8.21. The van der Waals surface area contributed by atoms with E-state index in [2.05, 4.69) is 12.2 Å². The number of nitrogens with zero attached hydrogens (tertiary/aromatic N) is 1. The molecule has 1 aliphatic rings. The average molecular weight is 435 g/mol. The molecule has 1 fully saturated rings. The number of ether oxygens (including phenoxy) is 2. The summed E-state index contributed by atoms with van der Waals surface area (Å²) in [6.45, 7) is 6.47. The summed E-state index contributed by atoms with van der Waals surface area (Å²) in [5.74, 6) is 2.75. The zero-order valence-corrected chi connectivity index (χ0v) is 19.0. The van der Waals surface area contributed by atoms with E-state index in [0.717, 1.165) is 30.1 Å². The van der Waals surface area contributed by atoms with Gasteiger partial charge >= 0.3 is 11.9 Å². The molecule has 28 heavy (non-hydrogen) atoms. The van der Waals surface area contributed by atoms with Crippen LogP contribution in [0.1, 0.15) is 40.0 Å². The van der Waals surface area contributed by atoms with Gasteiger partial charge in [0.05, 0.1) is 19.8 Å². The first-order chi connectivity index (χ1) is 13.5. The molecule has 1 unspecified atom stereocenters. The molecule has 0 saturated carbocycles. The van der Waals surface area contributed by atoms with Gasteiger partial charge in [-0.3, -0.25) is 14.9 Å². The van der Waals surface area contributed by atoms with Crippen LogP contribution in [-0.4, -0.2) is 84.1 Å². The smallest absolute Gasteiger partial charge is 0.328 e. The minimum absolute atomic E-state index is 0.189. The van der Waals surface area contributed by atoms with Gasteiger partial charge in [0.25, 0.3) is 0 Å². The molecule has 1 heterocycles. The Morgan fingerprint density at radius 1 is 1.18 bits per heavy atom. The maximum atomic E-state index is 12.8. The van der Waals surface area contributed by atoms with E-state index in [4.69, 9.17) is 9.47 Å². The number of nitrogens with one attached hydrogen (secondary N) is 1. The molecule has 0 radical (unpaired) electrons. The second kappa shape index (κ2) is 14.1. The minimum Gasteiger partial charge on any atom is -0.467 e. The van der Waals surface area contributed by atoms with Crippen molar-refractivity contribution in [3.8, 4) is 0 Å². The molecule has 1 amide bonds. The highest BCUT2D eigenvalue weighted by Gasteiger charge is 2.37. The number of esters is 2. The predicted octanol–water partition coefficient (Wildman–Crippen LogP) is 1.94. The van der Waals surface area contributed by atoms with Gasteiger partial charge in [0.15, 0.2) is 0 Å². The number of methoxy groups -OCH3 is 1. The lowest BCUT2D eigenvalue weighted by atomic mass is 10.2. The summed E-state index contributed by atoms with van der Waals surface area (Å²) >= 11 is 3.58. The number of likely N-dealkylation sites (tertiary alicyclic amines) is 1. The third-order valence-corrected chi connectivity index (χ3v) is 6.92. The molecule has 0 aromatic carbocycles. The second-order valence-electron chi connectivity index (χ2n) is 6.59. The lowest BCUT2D eigenvalue weighted by Gasteiger charge is -2.28. The fraction of sp³-hybridized carbons (Fsp3) is 0.842. The van der Waals surface area contributed by atoms with Crippen molar-refractivity contribution in [3.63, 3.8) is 0 Å². The first-order valence-electron chi connectivity index (χ1n) is 9.92. The van der Waals surface area contributed by atoms with Gasteiger partial charge in [-0.2, -0.15) is 23.5 Å². The number of hydrogen-bond acceptors (Lipinski definition) is 8. The standard InChI is InChI=1S/C19H34N2O5S2/c1-5-10-27-11-12-28-13-15(18(23)26-6-2)20-14(3)17(22)21-9-7-8-16(21)19(24)25-4/h14-16,20H,5-13H2,1-4H3/t14?,15-,16-/m0/s1. The maximum absolute atomic E-state index is 12.8. The highest BCUT2D eigenvalue weighted by Crippen LogP contribution is 2.20. The van der Waals surface area contributed by atoms with E-state index in [1.54, 1.807) is 30.5 Å². The summed E-state index contributed by atoms with van der Waals surface area (Å²) in [5, 5.41) is 3.11. The molecule has 0 bridgehead atoms. The third-order valence-electron chi connectivity index (χ3n) is 4.41. The van der Waals surface area contributed by atoms with Gasteiger partial charge in [-0.05, 0) is 38.9 Å². The van der Waals surface area contributed by atoms with Crippen molar-refractivity contribution in [1.82, 2.24) is 10.2 Å². The van der Waals surface area contributed by atoms with Crippen LogP contribution in [-0.2, 0) is 23.9 Å². The van der Waals surface area contributed by atoms with E-state index in [1.807, 2.05) is 11.8 Å². The average Bonchev–Trinajstić information content (AvgIpc) is 3.18. The molecule has 3 atom stereocenters. The molecule has 1 aliphatic heterocycles. The topological polar surface area (TPSA) is 84.9 Å². The van der Waals surface area contributed by atoms with Crippen LogP contribution in [0, 0.1) is 0 Å². The van der Waals surface area contributed by atoms with Gasteiger partial charge in [-0.15, -0.1) is 0 Å². The maximum Gasteiger partial charge on any atom is 0.328 e. The van der Waals surface area contributed by atoms with Crippen molar-refractivity contribution < 1.29 is 23.9 Å². The molecular weight excluding hydrogens is 400 g/mol. The second-order valence-corrected chi connectivity index (χ2v) is 8.97. The summed E-state index contributed by atoms with van der Waals surface area (Å²) in [6.07, 6.45) is 2.54. The van der Waals surface area contributed by atoms with Crippen molar-refractivity contribution in [1.29, 1.82) is 0 Å². The summed E-state index contributed by atoms with van der Waals surface area (Å²) in [6, 6.07) is -1.68. The van der Waals surface area contributed by atoms with Crippen LogP contribution in [0.2, 0.25) is 0 Å². The van der Waals surface area contributed by atoms with Crippen molar-refractivity contribution in [3.05, 3.63) is 0 Å². The molecule has 162 valence electrons. The van der Waals surface area contributed by atoms with Crippen LogP contribution in [0.5, 0.6) is 0 Å². The molecule has 1 rings (SSSR count). The van der Waals surface area contributed by atoms with Crippen LogP contribution in [0.4, 0.5) is 0 Å². The van der Waals surface area contributed by atoms with Gasteiger partial charge in [0, 0.05) is 23.8 Å². The van der Waals surface area contributed by atoms with Crippen molar-refractivity contribution >= 4 is 41.4 Å². The largest absolute Gasteiger partial charge is 0.467 e. The minimum atomic E-state index is -0.588. The lowest BCUT2D eigenvalue weighted by molar-refractivity contribution is -0.152. The number of carbonyl (C=O) groups excluding carboxylic acids is 3. The molecule has 0 aliphatic carbocycles. The van der Waals surface area contributed by atoms with Gasteiger partial charge in [-0.25, -0.2) is 4.79 Å². The van der Waals surface area contributed by atoms with Gasteiger partial charge < -0.3 is 14.4 Å². The zero-order chi connectivity index (χ0) is 20.9. The van der Waals surface area contributed by atoms with Crippen molar-refractivity contribution in [2.75, 3.05) is 43.3 Å². The van der Waals surface area contributed by atoms with Gasteiger partial charge in [-0.1, -0.05) is 6.92 Å². The molecule has 7 nitrogen and oxygen atoms in total. The summed E-state index contributed by atoms with van der Waals surface area (Å²) < 4.78 is 9.97. The Morgan fingerprint density at radius 3 is 2.54 bits per heavy atom. The summed E-state index contributed by atoms with van der Waals surface area (Å²) in [5.41, 5.74) is 0. The van der Waals surface area contributed by atoms with Crippen LogP contribution >= 0.6 is 23.5 Å². The Morgan fingerprint density at radius 2 is 1.89 bits per heavy atom. The highest BCUT2D eigenvalue weighted by atomic mass is 32.2. The van der Waals surface area contributed by atoms with Crippen molar-refractivity contribution in [2.24, 2.45) is 0 Å². The molecule has 0 aromatic rings.